The maximum atomic E-state index is 12.6. The van der Waals surface area contributed by atoms with Gasteiger partial charge in [-0.25, -0.2) is 4.79 Å². The number of benzene rings is 3. The Hall–Kier alpha value is -4.41. The summed E-state index contributed by atoms with van der Waals surface area (Å²) in [6.45, 7) is 1.98. The lowest BCUT2D eigenvalue weighted by Gasteiger charge is -2.08. The van der Waals surface area contributed by atoms with E-state index in [1.54, 1.807) is 67.6 Å². The molecule has 2 N–H and O–H groups in total. The third-order valence-electron chi connectivity index (χ3n) is 4.59. The minimum Gasteiger partial charge on any atom is -0.462 e. The van der Waals surface area contributed by atoms with Crippen LogP contribution in [-0.4, -0.2) is 24.4 Å². The van der Waals surface area contributed by atoms with Crippen molar-refractivity contribution in [3.05, 3.63) is 100 Å². The van der Waals surface area contributed by atoms with E-state index in [2.05, 4.69) is 10.6 Å². The van der Waals surface area contributed by atoms with Crippen LogP contribution in [0.3, 0.4) is 0 Å². The van der Waals surface area contributed by atoms with Gasteiger partial charge in [0.15, 0.2) is 0 Å². The molecule has 34 heavy (non-hydrogen) atoms. The quantitative estimate of drug-likeness (QED) is 0.274. The summed E-state index contributed by atoms with van der Waals surface area (Å²) in [5.74, 6) is -1.45. The number of hydrogen-bond donors (Lipinski definition) is 2. The Morgan fingerprint density at radius 1 is 0.971 bits per heavy atom. The first kappa shape index (κ1) is 24.2. The van der Waals surface area contributed by atoms with Gasteiger partial charge < -0.3 is 15.4 Å². The fraction of sp³-hybridized carbons (Fsp3) is 0.0769. The molecule has 0 aromatic heterocycles. The molecule has 0 aliphatic carbocycles. The highest BCUT2D eigenvalue weighted by molar-refractivity contribution is 6.34. The highest BCUT2D eigenvalue weighted by atomic mass is 35.5. The first-order chi connectivity index (χ1) is 16.4. The molecule has 0 aliphatic rings. The maximum absolute atomic E-state index is 12.6. The van der Waals surface area contributed by atoms with Crippen molar-refractivity contribution in [1.82, 2.24) is 0 Å². The van der Waals surface area contributed by atoms with E-state index in [0.717, 1.165) is 0 Å². The fourth-order valence-electron chi connectivity index (χ4n) is 2.97. The van der Waals surface area contributed by atoms with Crippen LogP contribution >= 0.6 is 11.6 Å². The number of carbonyl (C=O) groups excluding carboxylic acids is 3. The molecule has 3 aromatic carbocycles. The van der Waals surface area contributed by atoms with Crippen molar-refractivity contribution < 1.29 is 19.1 Å². The number of rotatable bonds is 7. The molecule has 0 aliphatic heterocycles. The summed E-state index contributed by atoms with van der Waals surface area (Å²) >= 11 is 6.07. The van der Waals surface area contributed by atoms with Gasteiger partial charge in [-0.3, -0.25) is 9.59 Å². The van der Waals surface area contributed by atoms with Crippen LogP contribution in [0.15, 0.2) is 78.4 Å². The molecule has 3 aromatic rings. The third kappa shape index (κ3) is 6.31. The van der Waals surface area contributed by atoms with E-state index in [1.807, 2.05) is 6.07 Å². The van der Waals surface area contributed by atoms with E-state index in [9.17, 15) is 19.6 Å². The zero-order valence-corrected chi connectivity index (χ0v) is 18.9. The number of nitrogens with one attached hydrogen (secondary N) is 2. The summed E-state index contributed by atoms with van der Waals surface area (Å²) in [6, 6.07) is 21.4. The molecule has 7 nitrogen and oxygen atoms in total. The standard InChI is InChI=1S/C26H20ClN3O4/c1-2-34-26(33)18-10-12-20(13-11-18)29-24(31)19(16-28)14-17-6-5-7-21(15-17)30-25(32)22-8-3-4-9-23(22)27/h3-15H,2H2,1H3,(H,29,31)(H,30,32)/b19-14+. The molecule has 3 rings (SSSR count). The Labute approximate surface area is 201 Å². The van der Waals surface area contributed by atoms with E-state index in [-0.39, 0.29) is 18.1 Å². The van der Waals surface area contributed by atoms with Crippen molar-refractivity contribution in [3.63, 3.8) is 0 Å². The predicted octanol–water partition coefficient (Wildman–Crippen LogP) is 5.31. The number of hydrogen-bond acceptors (Lipinski definition) is 5. The topological polar surface area (TPSA) is 108 Å². The number of amides is 2. The van der Waals surface area contributed by atoms with Gasteiger partial charge in [0.1, 0.15) is 11.6 Å². The smallest absolute Gasteiger partial charge is 0.338 e. The fourth-order valence-corrected chi connectivity index (χ4v) is 3.19. The molecule has 0 bridgehead atoms. The molecule has 0 spiro atoms. The van der Waals surface area contributed by atoms with Crippen LogP contribution in [0, 0.1) is 11.3 Å². The van der Waals surface area contributed by atoms with Crippen molar-refractivity contribution >= 4 is 46.8 Å². The number of nitrogens with zero attached hydrogens (tertiary/aromatic N) is 1. The summed E-state index contributed by atoms with van der Waals surface area (Å²) in [5, 5.41) is 15.2. The first-order valence-corrected chi connectivity index (χ1v) is 10.7. The van der Waals surface area contributed by atoms with Gasteiger partial charge in [-0.05, 0) is 67.1 Å². The maximum Gasteiger partial charge on any atom is 0.338 e. The molecule has 170 valence electrons. The normalized spacial score (nSPS) is 10.7. The van der Waals surface area contributed by atoms with E-state index in [4.69, 9.17) is 16.3 Å². The second kappa shape index (κ2) is 11.5. The highest BCUT2D eigenvalue weighted by Gasteiger charge is 2.13. The van der Waals surface area contributed by atoms with Crippen molar-refractivity contribution in [1.29, 1.82) is 5.26 Å². The van der Waals surface area contributed by atoms with Gasteiger partial charge in [0.05, 0.1) is 22.8 Å². The van der Waals surface area contributed by atoms with Gasteiger partial charge in [0, 0.05) is 11.4 Å². The monoisotopic (exact) mass is 473 g/mol. The van der Waals surface area contributed by atoms with Gasteiger partial charge in [-0.15, -0.1) is 0 Å². The summed E-state index contributed by atoms with van der Waals surface area (Å²) in [4.78, 5) is 36.8. The van der Waals surface area contributed by atoms with Gasteiger partial charge in [-0.2, -0.15) is 5.26 Å². The van der Waals surface area contributed by atoms with E-state index >= 15 is 0 Å². The second-order valence-electron chi connectivity index (χ2n) is 6.98. The molecule has 0 radical (unpaired) electrons. The van der Waals surface area contributed by atoms with Crippen LogP contribution in [0.2, 0.25) is 5.02 Å². The van der Waals surface area contributed by atoms with Crippen molar-refractivity contribution in [2.45, 2.75) is 6.92 Å². The summed E-state index contributed by atoms with van der Waals surface area (Å²) in [7, 11) is 0. The first-order valence-electron chi connectivity index (χ1n) is 10.3. The second-order valence-corrected chi connectivity index (χ2v) is 7.39. The number of ether oxygens (including phenoxy) is 1. The average Bonchev–Trinajstić information content (AvgIpc) is 2.83. The Kier molecular flexibility index (Phi) is 8.16. The Bertz CT molecular complexity index is 1290. The summed E-state index contributed by atoms with van der Waals surface area (Å²) < 4.78 is 4.92. The number of carbonyl (C=O) groups is 3. The minimum absolute atomic E-state index is 0.135. The van der Waals surface area contributed by atoms with E-state index in [1.165, 1.54) is 18.2 Å². The van der Waals surface area contributed by atoms with Crippen LogP contribution in [0.1, 0.15) is 33.2 Å². The number of halogens is 1. The molecule has 0 heterocycles. The summed E-state index contributed by atoms with van der Waals surface area (Å²) in [6.07, 6.45) is 1.41. The lowest BCUT2D eigenvalue weighted by molar-refractivity contribution is -0.112. The number of anilines is 2. The molecule has 0 fully saturated rings. The lowest BCUT2D eigenvalue weighted by atomic mass is 10.1. The van der Waals surface area contributed by atoms with Crippen molar-refractivity contribution in [2.75, 3.05) is 17.2 Å². The molecule has 0 saturated heterocycles. The number of nitriles is 1. The van der Waals surface area contributed by atoms with Gasteiger partial charge in [-0.1, -0.05) is 35.9 Å². The SMILES string of the molecule is CCOC(=O)c1ccc(NC(=O)/C(C#N)=C/c2cccc(NC(=O)c3ccccc3Cl)c2)cc1. The van der Waals surface area contributed by atoms with Gasteiger partial charge >= 0.3 is 5.97 Å². The van der Waals surface area contributed by atoms with E-state index < -0.39 is 11.9 Å². The molecular formula is C26H20ClN3O4. The van der Waals surface area contributed by atoms with Gasteiger partial charge in [0.2, 0.25) is 0 Å². The van der Waals surface area contributed by atoms with Crippen LogP contribution < -0.4 is 10.6 Å². The Morgan fingerprint density at radius 3 is 2.38 bits per heavy atom. The largest absolute Gasteiger partial charge is 0.462 e. The van der Waals surface area contributed by atoms with Crippen molar-refractivity contribution in [3.8, 4) is 6.07 Å². The number of esters is 1. The Balaban J connectivity index is 1.72. The minimum atomic E-state index is -0.614. The van der Waals surface area contributed by atoms with Crippen LogP contribution in [0.4, 0.5) is 11.4 Å². The zero-order chi connectivity index (χ0) is 24.5. The van der Waals surface area contributed by atoms with Crippen LogP contribution in [-0.2, 0) is 9.53 Å². The molecule has 0 unspecified atom stereocenters. The molecule has 2 amide bonds. The van der Waals surface area contributed by atoms with Crippen LogP contribution in [0.25, 0.3) is 6.08 Å². The Morgan fingerprint density at radius 2 is 1.71 bits per heavy atom. The molecule has 0 saturated carbocycles. The van der Waals surface area contributed by atoms with Crippen molar-refractivity contribution in [2.24, 2.45) is 0 Å². The molecular weight excluding hydrogens is 454 g/mol. The molecule has 0 atom stereocenters. The summed E-state index contributed by atoms with van der Waals surface area (Å²) in [5.41, 5.74) is 1.99. The molecule has 8 heteroatoms. The third-order valence-corrected chi connectivity index (χ3v) is 4.92. The lowest BCUT2D eigenvalue weighted by Crippen LogP contribution is -2.14. The predicted molar refractivity (Wildman–Crippen MR) is 130 cm³/mol. The van der Waals surface area contributed by atoms with E-state index in [0.29, 0.717) is 33.1 Å². The van der Waals surface area contributed by atoms with Gasteiger partial charge in [0.25, 0.3) is 11.8 Å². The van der Waals surface area contributed by atoms with Crippen LogP contribution in [0.5, 0.6) is 0 Å². The highest BCUT2D eigenvalue weighted by Crippen LogP contribution is 2.19. The zero-order valence-electron chi connectivity index (χ0n) is 18.2. The average molecular weight is 474 g/mol.